The van der Waals surface area contributed by atoms with E-state index in [2.05, 4.69) is 5.32 Å². The highest BCUT2D eigenvalue weighted by molar-refractivity contribution is 5.94. The number of carbonyl (C=O) groups excluding carboxylic acids is 2. The molecule has 1 N–H and O–H groups in total. The Balaban J connectivity index is 1.81. The van der Waals surface area contributed by atoms with Gasteiger partial charge in [-0.25, -0.2) is 0 Å². The molecule has 1 heterocycles. The molecule has 21 heavy (non-hydrogen) atoms. The third-order valence-corrected chi connectivity index (χ3v) is 5.70. The van der Waals surface area contributed by atoms with Crippen molar-refractivity contribution in [2.75, 3.05) is 6.54 Å². The van der Waals surface area contributed by atoms with Crippen molar-refractivity contribution in [3.05, 3.63) is 0 Å². The van der Waals surface area contributed by atoms with Crippen LogP contribution in [-0.4, -0.2) is 34.8 Å². The summed E-state index contributed by atoms with van der Waals surface area (Å²) in [4.78, 5) is 27.4. The largest absolute Gasteiger partial charge is 0.342 e. The van der Waals surface area contributed by atoms with Gasteiger partial charge in [0.05, 0.1) is 0 Å². The number of rotatable bonds is 2. The molecule has 2 amide bonds. The molecular formula is C17H28N2O2. The second-order valence-corrected chi connectivity index (χ2v) is 7.35. The molecule has 3 rings (SSSR count). The highest BCUT2D eigenvalue weighted by Crippen LogP contribution is 2.34. The second kappa shape index (κ2) is 5.98. The number of carbonyl (C=O) groups is 2. The Labute approximate surface area is 127 Å². The number of nitrogens with zero attached hydrogens (tertiary/aromatic N) is 1. The zero-order chi connectivity index (χ0) is 14.9. The van der Waals surface area contributed by atoms with Crippen molar-refractivity contribution in [2.24, 2.45) is 5.92 Å². The smallest absolute Gasteiger partial charge is 0.248 e. The Morgan fingerprint density at radius 1 is 1.10 bits per heavy atom. The summed E-state index contributed by atoms with van der Waals surface area (Å²) in [5, 5.41) is 3.10. The summed E-state index contributed by atoms with van der Waals surface area (Å²) in [6.07, 6.45) is 10.5. The monoisotopic (exact) mass is 292 g/mol. The summed E-state index contributed by atoms with van der Waals surface area (Å²) in [6, 6.07) is 0.0411. The molecule has 0 bridgehead atoms. The van der Waals surface area contributed by atoms with E-state index in [-0.39, 0.29) is 17.9 Å². The van der Waals surface area contributed by atoms with Gasteiger partial charge in [0.2, 0.25) is 11.8 Å². The van der Waals surface area contributed by atoms with Gasteiger partial charge in [0.1, 0.15) is 5.54 Å². The minimum absolute atomic E-state index is 0.0411. The number of nitrogens with one attached hydrogen (secondary N) is 1. The minimum Gasteiger partial charge on any atom is -0.342 e. The Morgan fingerprint density at radius 2 is 1.76 bits per heavy atom. The third-order valence-electron chi connectivity index (χ3n) is 5.70. The molecule has 0 radical (unpaired) electrons. The van der Waals surface area contributed by atoms with Crippen LogP contribution in [0.5, 0.6) is 0 Å². The second-order valence-electron chi connectivity index (χ2n) is 7.35. The fraction of sp³-hybridized carbons (Fsp3) is 0.882. The first kappa shape index (κ1) is 14.9. The van der Waals surface area contributed by atoms with Gasteiger partial charge in [0, 0.05) is 19.0 Å². The molecule has 1 saturated heterocycles. The van der Waals surface area contributed by atoms with Crippen molar-refractivity contribution < 1.29 is 9.59 Å². The van der Waals surface area contributed by atoms with Gasteiger partial charge in [0.25, 0.3) is 0 Å². The molecular weight excluding hydrogens is 264 g/mol. The predicted octanol–water partition coefficient (Wildman–Crippen LogP) is 2.62. The number of amides is 2. The van der Waals surface area contributed by atoms with Crippen molar-refractivity contribution in [2.45, 2.75) is 82.7 Å². The van der Waals surface area contributed by atoms with E-state index >= 15 is 0 Å². The normalized spacial score (nSPS) is 30.5. The Bertz CT molecular complexity index is 409. The standard InChI is InChI=1S/C17H28N2O2/c1-13-11-15(20)18-17(9-5-2-6-10-17)16(21)19(13)12-14-7-3-4-8-14/h13-14H,2-12H2,1H3,(H,18,20). The maximum absolute atomic E-state index is 13.2. The van der Waals surface area contributed by atoms with Crippen molar-refractivity contribution in [3.8, 4) is 0 Å². The van der Waals surface area contributed by atoms with E-state index in [0.717, 1.165) is 32.2 Å². The highest BCUT2D eigenvalue weighted by atomic mass is 16.2. The van der Waals surface area contributed by atoms with Crippen LogP contribution in [0, 0.1) is 5.92 Å². The zero-order valence-corrected chi connectivity index (χ0v) is 13.2. The number of hydrogen-bond donors (Lipinski definition) is 1. The van der Waals surface area contributed by atoms with Crippen molar-refractivity contribution in [1.82, 2.24) is 10.2 Å². The third kappa shape index (κ3) is 2.95. The molecule has 3 fully saturated rings. The van der Waals surface area contributed by atoms with Gasteiger partial charge in [0.15, 0.2) is 0 Å². The Kier molecular flexibility index (Phi) is 4.23. The summed E-state index contributed by atoms with van der Waals surface area (Å²) >= 11 is 0. The van der Waals surface area contributed by atoms with Crippen molar-refractivity contribution in [1.29, 1.82) is 0 Å². The maximum atomic E-state index is 13.2. The predicted molar refractivity (Wildman–Crippen MR) is 81.7 cm³/mol. The fourth-order valence-corrected chi connectivity index (χ4v) is 4.45. The van der Waals surface area contributed by atoms with E-state index in [9.17, 15) is 9.59 Å². The Morgan fingerprint density at radius 3 is 2.43 bits per heavy atom. The van der Waals surface area contributed by atoms with Gasteiger partial charge in [-0.15, -0.1) is 0 Å². The average molecular weight is 292 g/mol. The molecule has 2 aliphatic carbocycles. The molecule has 0 aromatic rings. The topological polar surface area (TPSA) is 49.4 Å². The first-order valence-electron chi connectivity index (χ1n) is 8.73. The van der Waals surface area contributed by atoms with E-state index in [4.69, 9.17) is 0 Å². The van der Waals surface area contributed by atoms with Crippen LogP contribution in [-0.2, 0) is 9.59 Å². The van der Waals surface area contributed by atoms with E-state index in [1.807, 2.05) is 11.8 Å². The lowest BCUT2D eigenvalue weighted by Crippen LogP contribution is -2.59. The van der Waals surface area contributed by atoms with Crippen LogP contribution in [0.1, 0.15) is 71.1 Å². The fourth-order valence-electron chi connectivity index (χ4n) is 4.45. The zero-order valence-electron chi connectivity index (χ0n) is 13.2. The van der Waals surface area contributed by atoms with Gasteiger partial charge in [-0.2, -0.15) is 0 Å². The molecule has 1 aliphatic heterocycles. The lowest BCUT2D eigenvalue weighted by molar-refractivity contribution is -0.142. The molecule has 1 spiro atoms. The molecule has 4 heteroatoms. The van der Waals surface area contributed by atoms with E-state index < -0.39 is 5.54 Å². The van der Waals surface area contributed by atoms with Gasteiger partial charge >= 0.3 is 0 Å². The van der Waals surface area contributed by atoms with Crippen LogP contribution < -0.4 is 5.32 Å². The van der Waals surface area contributed by atoms with Gasteiger partial charge in [-0.05, 0) is 38.5 Å². The summed E-state index contributed by atoms with van der Waals surface area (Å²) in [6.45, 7) is 2.89. The maximum Gasteiger partial charge on any atom is 0.248 e. The SMILES string of the molecule is CC1CC(=O)NC2(CCCCC2)C(=O)N1CC1CCCC1. The Hall–Kier alpha value is -1.06. The van der Waals surface area contributed by atoms with Gasteiger partial charge < -0.3 is 10.2 Å². The minimum atomic E-state index is -0.585. The van der Waals surface area contributed by atoms with Gasteiger partial charge in [-0.1, -0.05) is 32.1 Å². The van der Waals surface area contributed by atoms with Crippen LogP contribution in [0.4, 0.5) is 0 Å². The van der Waals surface area contributed by atoms with Crippen molar-refractivity contribution in [3.63, 3.8) is 0 Å². The van der Waals surface area contributed by atoms with E-state index in [0.29, 0.717) is 12.3 Å². The van der Waals surface area contributed by atoms with Crippen LogP contribution in [0.2, 0.25) is 0 Å². The molecule has 1 atom stereocenters. The molecule has 118 valence electrons. The summed E-state index contributed by atoms with van der Waals surface area (Å²) in [7, 11) is 0. The van der Waals surface area contributed by atoms with E-state index in [1.165, 1.54) is 32.1 Å². The molecule has 0 aromatic carbocycles. The van der Waals surface area contributed by atoms with Crippen LogP contribution in [0.25, 0.3) is 0 Å². The van der Waals surface area contributed by atoms with Crippen molar-refractivity contribution >= 4 is 11.8 Å². The molecule has 0 aromatic heterocycles. The lowest BCUT2D eigenvalue weighted by atomic mass is 9.80. The summed E-state index contributed by atoms with van der Waals surface area (Å²) < 4.78 is 0. The van der Waals surface area contributed by atoms with Crippen LogP contribution in [0.3, 0.4) is 0 Å². The molecule has 2 saturated carbocycles. The average Bonchev–Trinajstić information content (AvgIpc) is 2.95. The lowest BCUT2D eigenvalue weighted by Gasteiger charge is -2.40. The summed E-state index contributed by atoms with van der Waals surface area (Å²) in [5.41, 5.74) is -0.585. The molecule has 1 unspecified atom stereocenters. The van der Waals surface area contributed by atoms with Gasteiger partial charge in [-0.3, -0.25) is 9.59 Å². The van der Waals surface area contributed by atoms with Crippen LogP contribution >= 0.6 is 0 Å². The summed E-state index contributed by atoms with van der Waals surface area (Å²) in [5.74, 6) is 0.907. The first-order valence-corrected chi connectivity index (χ1v) is 8.73. The molecule has 4 nitrogen and oxygen atoms in total. The van der Waals surface area contributed by atoms with Crippen LogP contribution in [0.15, 0.2) is 0 Å². The first-order chi connectivity index (χ1) is 10.1. The highest BCUT2D eigenvalue weighted by Gasteiger charge is 2.47. The van der Waals surface area contributed by atoms with E-state index in [1.54, 1.807) is 0 Å². The quantitative estimate of drug-likeness (QED) is 0.850. The number of hydrogen-bond acceptors (Lipinski definition) is 2. The molecule has 3 aliphatic rings.